The molecule has 4 aliphatic heterocycles. The SMILES string of the molecule is C#Cc1c(F)ccc2cccc(-c3ncc4c(N5CC6CCC(C5)N6)nc(OCC56CCCN5[C@@H](C)CC6)nc4c3F)c12.C=O.CCCCNC.CCO. The number of fused-ring (bicyclic) bond motifs is 5. The summed E-state index contributed by atoms with van der Waals surface area (Å²) in [5, 5.41) is 16.0. The van der Waals surface area contributed by atoms with Crippen LogP contribution in [0.25, 0.3) is 32.9 Å². The number of pyridine rings is 1. The van der Waals surface area contributed by atoms with Crippen LogP contribution in [0.4, 0.5) is 14.6 Å². The van der Waals surface area contributed by atoms with Gasteiger partial charge >= 0.3 is 6.01 Å². The van der Waals surface area contributed by atoms with Gasteiger partial charge in [-0.15, -0.1) is 6.42 Å². The maximum Gasteiger partial charge on any atom is 0.319 e. The first-order valence-electron chi connectivity index (χ1n) is 19.3. The van der Waals surface area contributed by atoms with Crippen LogP contribution < -0.4 is 20.3 Å². The van der Waals surface area contributed by atoms with Gasteiger partial charge in [-0.3, -0.25) is 9.88 Å². The molecule has 12 heteroatoms. The van der Waals surface area contributed by atoms with Crippen molar-refractivity contribution < 1.29 is 23.4 Å². The van der Waals surface area contributed by atoms with Crippen molar-refractivity contribution in [3.8, 4) is 29.6 Å². The summed E-state index contributed by atoms with van der Waals surface area (Å²) >= 11 is 0. The van der Waals surface area contributed by atoms with E-state index < -0.39 is 11.6 Å². The van der Waals surface area contributed by atoms with Crippen LogP contribution in [0.5, 0.6) is 6.01 Å². The molecule has 0 radical (unpaired) electrons. The molecule has 0 spiro atoms. The summed E-state index contributed by atoms with van der Waals surface area (Å²) < 4.78 is 37.9. The van der Waals surface area contributed by atoms with E-state index in [1.54, 1.807) is 31.3 Å². The molecule has 10 nitrogen and oxygen atoms in total. The Morgan fingerprint density at radius 2 is 1.85 bits per heavy atom. The molecule has 3 N–H and O–H groups in total. The number of nitrogens with zero attached hydrogens (tertiary/aromatic N) is 5. The Labute approximate surface area is 318 Å². The highest BCUT2D eigenvalue weighted by molar-refractivity contribution is 6.02. The molecule has 6 heterocycles. The van der Waals surface area contributed by atoms with Gasteiger partial charge in [0.05, 0.1) is 16.5 Å². The number of rotatable bonds is 8. The fourth-order valence-electron chi connectivity index (χ4n) is 8.51. The van der Waals surface area contributed by atoms with E-state index in [4.69, 9.17) is 26.0 Å². The molecule has 2 bridgehead atoms. The second-order valence-electron chi connectivity index (χ2n) is 14.5. The highest BCUT2D eigenvalue weighted by Crippen LogP contribution is 2.43. The lowest BCUT2D eigenvalue weighted by atomic mass is 9.95. The molecule has 4 aliphatic rings. The van der Waals surface area contributed by atoms with Crippen molar-refractivity contribution >= 4 is 34.3 Å². The number of terminal acetylenes is 1. The third kappa shape index (κ3) is 8.50. The van der Waals surface area contributed by atoms with Gasteiger partial charge in [0.15, 0.2) is 5.82 Å². The number of anilines is 1. The van der Waals surface area contributed by atoms with Gasteiger partial charge in [0.25, 0.3) is 0 Å². The van der Waals surface area contributed by atoms with Crippen molar-refractivity contribution in [2.45, 2.75) is 95.8 Å². The van der Waals surface area contributed by atoms with Crippen molar-refractivity contribution in [3.63, 3.8) is 0 Å². The maximum atomic E-state index is 16.7. The molecular formula is C42H55F2N7O3. The minimum Gasteiger partial charge on any atom is -0.461 e. The highest BCUT2D eigenvalue weighted by atomic mass is 19.1. The minimum atomic E-state index is -0.598. The van der Waals surface area contributed by atoms with Crippen LogP contribution in [0.1, 0.15) is 77.7 Å². The number of hydrogen-bond acceptors (Lipinski definition) is 10. The number of aliphatic hydroxyl groups is 1. The molecule has 4 fully saturated rings. The van der Waals surface area contributed by atoms with E-state index in [1.165, 1.54) is 18.9 Å². The standard InChI is InChI=1S/C34H34F2N6O.C5H13N.C2H6O.CH2O/c1-3-24-27(35)11-8-21-6-4-7-25(28(21)24)30-29(36)31-26(16-37-30)32(41-17-22-9-10-23(18-41)38-22)40-33(39-31)43-19-34-13-5-15-42(34)20(2)12-14-34;1-3-4-5-6-2;1-2-3;1-2/h1,4,6-8,11,16,20,22-23,38H,5,9-10,12-15,17-19H2,2H3;6H,3-5H2,1-2H3;3H,2H2,1H3;1H2/t20-,22?,23?,34?;;;/m0.../s1. The predicted molar refractivity (Wildman–Crippen MR) is 212 cm³/mol. The molecule has 2 aromatic carbocycles. The monoisotopic (exact) mass is 743 g/mol. The topological polar surface area (TPSA) is 116 Å². The Kier molecular flexibility index (Phi) is 14.3. The summed E-state index contributed by atoms with van der Waals surface area (Å²) in [5.41, 5.74) is 0.706. The average molecular weight is 744 g/mol. The number of benzene rings is 2. The lowest BCUT2D eigenvalue weighted by Crippen LogP contribution is -2.51. The zero-order chi connectivity index (χ0) is 38.8. The van der Waals surface area contributed by atoms with Gasteiger partial charge in [-0.25, -0.2) is 8.78 Å². The van der Waals surface area contributed by atoms with Crippen LogP contribution in [0.15, 0.2) is 36.5 Å². The van der Waals surface area contributed by atoms with Gasteiger partial charge in [-0.1, -0.05) is 43.5 Å². The number of nitrogens with one attached hydrogen (secondary N) is 2. The summed E-state index contributed by atoms with van der Waals surface area (Å²) in [6, 6.07) is 9.78. The number of halogens is 2. The number of carbonyl (C=O) groups excluding carboxylic acids is 1. The Morgan fingerprint density at radius 3 is 2.52 bits per heavy atom. The summed E-state index contributed by atoms with van der Waals surface area (Å²) in [6.07, 6.45) is 16.6. The van der Waals surface area contributed by atoms with Gasteiger partial charge in [0, 0.05) is 55.0 Å². The van der Waals surface area contributed by atoms with E-state index >= 15 is 4.39 Å². The van der Waals surface area contributed by atoms with Crippen molar-refractivity contribution in [1.82, 2.24) is 30.5 Å². The van der Waals surface area contributed by atoms with Gasteiger partial charge in [-0.2, -0.15) is 9.97 Å². The van der Waals surface area contributed by atoms with Crippen LogP contribution in [0.3, 0.4) is 0 Å². The fourth-order valence-corrected chi connectivity index (χ4v) is 8.51. The Balaban J connectivity index is 0.000000455. The Morgan fingerprint density at radius 1 is 1.11 bits per heavy atom. The van der Waals surface area contributed by atoms with Gasteiger partial charge in [0.1, 0.15) is 36.2 Å². The zero-order valence-corrected chi connectivity index (χ0v) is 32.1. The molecule has 4 atom stereocenters. The molecule has 0 saturated carbocycles. The van der Waals surface area contributed by atoms with Gasteiger partial charge in [0.2, 0.25) is 0 Å². The maximum absolute atomic E-state index is 16.7. The number of aliphatic hydroxyl groups excluding tert-OH is 1. The molecule has 0 amide bonds. The first-order chi connectivity index (χ1) is 26.3. The van der Waals surface area contributed by atoms with E-state index in [1.807, 2.05) is 19.9 Å². The molecule has 2 aromatic heterocycles. The smallest absolute Gasteiger partial charge is 0.319 e. The molecule has 8 rings (SSSR count). The van der Waals surface area contributed by atoms with Crippen LogP contribution in [0.2, 0.25) is 0 Å². The van der Waals surface area contributed by atoms with Crippen molar-refractivity contribution in [3.05, 3.63) is 53.7 Å². The van der Waals surface area contributed by atoms with Crippen LogP contribution in [-0.4, -0.2) is 102 Å². The molecule has 3 unspecified atom stereocenters. The molecule has 4 aromatic rings. The summed E-state index contributed by atoms with van der Waals surface area (Å²) in [4.78, 5) is 27.0. The van der Waals surface area contributed by atoms with Crippen molar-refractivity contribution in [2.75, 3.05) is 51.3 Å². The summed E-state index contributed by atoms with van der Waals surface area (Å²) in [6.45, 7) is 12.7. The fraction of sp³-hybridized carbons (Fsp3) is 0.524. The second kappa shape index (κ2) is 18.8. The van der Waals surface area contributed by atoms with E-state index in [9.17, 15) is 4.39 Å². The third-order valence-corrected chi connectivity index (χ3v) is 11.0. The molecule has 0 aliphatic carbocycles. The highest BCUT2D eigenvalue weighted by Gasteiger charge is 2.48. The molecule has 54 heavy (non-hydrogen) atoms. The molecular weight excluding hydrogens is 689 g/mol. The van der Waals surface area contributed by atoms with Gasteiger partial charge < -0.3 is 30.2 Å². The first-order valence-corrected chi connectivity index (χ1v) is 19.3. The summed E-state index contributed by atoms with van der Waals surface area (Å²) in [5.74, 6) is 1.97. The lowest BCUT2D eigenvalue weighted by Gasteiger charge is -2.35. The van der Waals surface area contributed by atoms with Gasteiger partial charge in [-0.05, 0) is 90.4 Å². The quantitative estimate of drug-likeness (QED) is 0.141. The largest absolute Gasteiger partial charge is 0.461 e. The normalized spacial score (nSPS) is 22.7. The number of unbranched alkanes of at least 4 members (excludes halogenated alkanes) is 1. The number of hydrogen-bond donors (Lipinski definition) is 3. The molecule has 4 saturated heterocycles. The Bertz CT molecular complexity index is 1910. The van der Waals surface area contributed by atoms with E-state index in [-0.39, 0.29) is 34.9 Å². The lowest BCUT2D eigenvalue weighted by molar-refractivity contribution is -0.0980. The number of ether oxygens (including phenoxy) is 1. The average Bonchev–Trinajstić information content (AvgIpc) is 3.87. The number of piperazine rings is 1. The van der Waals surface area contributed by atoms with E-state index in [2.05, 4.69) is 50.2 Å². The van der Waals surface area contributed by atoms with Crippen molar-refractivity contribution in [2.24, 2.45) is 0 Å². The van der Waals surface area contributed by atoms with Crippen LogP contribution in [0, 0.1) is 24.0 Å². The summed E-state index contributed by atoms with van der Waals surface area (Å²) in [7, 11) is 1.98. The number of carbonyl (C=O) groups is 1. The van der Waals surface area contributed by atoms with E-state index in [0.29, 0.717) is 52.3 Å². The predicted octanol–water partition coefficient (Wildman–Crippen LogP) is 6.26. The van der Waals surface area contributed by atoms with E-state index in [0.717, 1.165) is 64.7 Å². The zero-order valence-electron chi connectivity index (χ0n) is 32.1. The van der Waals surface area contributed by atoms with Crippen molar-refractivity contribution in [1.29, 1.82) is 0 Å². The molecule has 290 valence electrons. The van der Waals surface area contributed by atoms with Crippen LogP contribution in [-0.2, 0) is 4.79 Å². The Hall–Kier alpha value is -4.28. The number of aromatic nitrogens is 3. The third-order valence-electron chi connectivity index (χ3n) is 11.0. The van der Waals surface area contributed by atoms with Crippen LogP contribution >= 0.6 is 0 Å². The second-order valence-corrected chi connectivity index (χ2v) is 14.5. The minimum absolute atomic E-state index is 0.0212. The first kappa shape index (κ1) is 40.9.